The molecule has 0 aliphatic carbocycles. The lowest BCUT2D eigenvalue weighted by atomic mass is 9.99. The van der Waals surface area contributed by atoms with Crippen LogP contribution in [0.5, 0.6) is 0 Å². The molecular weight excluding hydrogens is 360 g/mol. The van der Waals surface area contributed by atoms with Gasteiger partial charge in [0.05, 0.1) is 12.5 Å². The molecule has 1 atom stereocenters. The molecule has 1 aromatic carbocycles. The largest absolute Gasteiger partial charge is 0.447 e. The van der Waals surface area contributed by atoms with Gasteiger partial charge in [-0.25, -0.2) is 4.79 Å². The molecule has 5 nitrogen and oxygen atoms in total. The van der Waals surface area contributed by atoms with E-state index in [0.29, 0.717) is 26.1 Å². The van der Waals surface area contributed by atoms with Gasteiger partial charge in [0.1, 0.15) is 6.61 Å². The fourth-order valence-corrected chi connectivity index (χ4v) is 4.73. The van der Waals surface area contributed by atoms with Crippen molar-refractivity contribution in [1.82, 2.24) is 9.80 Å². The molecule has 2 saturated heterocycles. The van der Waals surface area contributed by atoms with E-state index in [1.165, 1.54) is 5.56 Å². The maximum atomic E-state index is 12.5. The standard InChI is InChI=1S/C21H24N2O3S/c24-20(14-19-7-4-12-27-19)22-10-8-17(9-11-22)23-18(15-26-21(23)25)13-16-5-2-1-3-6-16/h1-7,12,17-18H,8-11,13-15H2. The van der Waals surface area contributed by atoms with E-state index in [4.69, 9.17) is 4.74 Å². The van der Waals surface area contributed by atoms with Crippen molar-refractivity contribution >= 4 is 23.3 Å². The molecule has 2 aromatic rings. The Kier molecular flexibility index (Phi) is 5.43. The van der Waals surface area contributed by atoms with Gasteiger partial charge in [0.2, 0.25) is 5.91 Å². The number of hydrogen-bond donors (Lipinski definition) is 0. The van der Waals surface area contributed by atoms with Crippen molar-refractivity contribution in [1.29, 1.82) is 0 Å². The summed E-state index contributed by atoms with van der Waals surface area (Å²) in [4.78, 5) is 29.8. The summed E-state index contributed by atoms with van der Waals surface area (Å²) in [5, 5.41) is 2.00. The Morgan fingerprint density at radius 2 is 1.89 bits per heavy atom. The minimum Gasteiger partial charge on any atom is -0.447 e. The second-order valence-electron chi connectivity index (χ2n) is 7.20. The summed E-state index contributed by atoms with van der Waals surface area (Å²) in [7, 11) is 0. The molecule has 3 heterocycles. The quantitative estimate of drug-likeness (QED) is 0.794. The number of cyclic esters (lactones) is 1. The predicted molar refractivity (Wildman–Crippen MR) is 105 cm³/mol. The van der Waals surface area contributed by atoms with Crippen LogP contribution in [0.3, 0.4) is 0 Å². The number of likely N-dealkylation sites (tertiary alicyclic amines) is 1. The Morgan fingerprint density at radius 1 is 1.11 bits per heavy atom. The number of hydrogen-bond acceptors (Lipinski definition) is 4. The molecule has 142 valence electrons. The molecule has 0 bridgehead atoms. The molecule has 1 unspecified atom stereocenters. The Labute approximate surface area is 163 Å². The minimum atomic E-state index is -0.209. The maximum Gasteiger partial charge on any atom is 0.410 e. The third kappa shape index (κ3) is 4.16. The molecule has 0 spiro atoms. The molecule has 2 aliphatic rings. The zero-order valence-electron chi connectivity index (χ0n) is 15.3. The van der Waals surface area contributed by atoms with Gasteiger partial charge in [-0.3, -0.25) is 9.69 Å². The van der Waals surface area contributed by atoms with E-state index < -0.39 is 0 Å². The lowest BCUT2D eigenvalue weighted by Gasteiger charge is -2.38. The number of benzene rings is 1. The van der Waals surface area contributed by atoms with E-state index in [0.717, 1.165) is 24.1 Å². The Balaban J connectivity index is 1.34. The van der Waals surface area contributed by atoms with E-state index in [9.17, 15) is 9.59 Å². The Morgan fingerprint density at radius 3 is 2.59 bits per heavy atom. The third-order valence-corrected chi connectivity index (χ3v) is 6.31. The molecule has 0 saturated carbocycles. The number of carbonyl (C=O) groups is 2. The summed E-state index contributed by atoms with van der Waals surface area (Å²) in [6.07, 6.45) is 2.71. The van der Waals surface area contributed by atoms with Gasteiger partial charge in [-0.2, -0.15) is 0 Å². The van der Waals surface area contributed by atoms with Gasteiger partial charge in [0.25, 0.3) is 0 Å². The lowest BCUT2D eigenvalue weighted by molar-refractivity contribution is -0.131. The van der Waals surface area contributed by atoms with Crippen molar-refractivity contribution in [3.8, 4) is 0 Å². The van der Waals surface area contributed by atoms with Crippen LogP contribution in [0.2, 0.25) is 0 Å². The number of carbonyl (C=O) groups excluding carboxylic acids is 2. The molecule has 0 N–H and O–H groups in total. The summed E-state index contributed by atoms with van der Waals surface area (Å²) in [6.45, 7) is 1.86. The highest BCUT2D eigenvalue weighted by Gasteiger charge is 2.39. The van der Waals surface area contributed by atoms with Crippen LogP contribution in [-0.4, -0.2) is 53.6 Å². The van der Waals surface area contributed by atoms with Crippen LogP contribution in [-0.2, 0) is 22.4 Å². The van der Waals surface area contributed by atoms with Crippen molar-refractivity contribution in [3.63, 3.8) is 0 Å². The van der Waals surface area contributed by atoms with Crippen molar-refractivity contribution in [3.05, 3.63) is 58.3 Å². The predicted octanol–water partition coefficient (Wildman–Crippen LogP) is 3.35. The van der Waals surface area contributed by atoms with Crippen molar-refractivity contribution < 1.29 is 14.3 Å². The van der Waals surface area contributed by atoms with Crippen LogP contribution >= 0.6 is 11.3 Å². The molecule has 4 rings (SSSR count). The number of ether oxygens (including phenoxy) is 1. The van der Waals surface area contributed by atoms with Crippen molar-refractivity contribution in [2.45, 2.75) is 37.8 Å². The molecule has 1 aromatic heterocycles. The monoisotopic (exact) mass is 384 g/mol. The van der Waals surface area contributed by atoms with Crippen molar-refractivity contribution in [2.75, 3.05) is 19.7 Å². The average Bonchev–Trinajstić information content (AvgIpc) is 3.33. The smallest absolute Gasteiger partial charge is 0.410 e. The fourth-order valence-electron chi connectivity index (χ4n) is 4.03. The van der Waals surface area contributed by atoms with Crippen LogP contribution in [0.15, 0.2) is 47.8 Å². The first kappa shape index (κ1) is 18.0. The Bertz CT molecular complexity index is 770. The molecule has 27 heavy (non-hydrogen) atoms. The minimum absolute atomic E-state index is 0.0817. The topological polar surface area (TPSA) is 49.9 Å². The van der Waals surface area contributed by atoms with Gasteiger partial charge in [-0.05, 0) is 36.3 Å². The van der Waals surface area contributed by atoms with Gasteiger partial charge in [0, 0.05) is 24.0 Å². The summed E-state index contributed by atoms with van der Waals surface area (Å²) < 4.78 is 5.36. The van der Waals surface area contributed by atoms with Crippen LogP contribution < -0.4 is 0 Å². The normalized spacial score (nSPS) is 20.7. The number of nitrogens with zero attached hydrogens (tertiary/aromatic N) is 2. The summed E-state index contributed by atoms with van der Waals surface area (Å²) >= 11 is 1.62. The van der Waals surface area contributed by atoms with Gasteiger partial charge < -0.3 is 9.64 Å². The number of piperidine rings is 1. The molecule has 2 fully saturated rings. The Hall–Kier alpha value is -2.34. The second kappa shape index (κ2) is 8.13. The van der Waals surface area contributed by atoms with E-state index in [-0.39, 0.29) is 24.1 Å². The average molecular weight is 385 g/mol. The first-order valence-corrected chi connectivity index (χ1v) is 10.4. The summed E-state index contributed by atoms with van der Waals surface area (Å²) in [5.74, 6) is 0.181. The van der Waals surface area contributed by atoms with Gasteiger partial charge in [-0.1, -0.05) is 36.4 Å². The van der Waals surface area contributed by atoms with E-state index in [2.05, 4.69) is 12.1 Å². The number of thiophene rings is 1. The van der Waals surface area contributed by atoms with Crippen LogP contribution in [0.1, 0.15) is 23.3 Å². The first-order chi connectivity index (χ1) is 13.2. The van der Waals surface area contributed by atoms with Gasteiger partial charge >= 0.3 is 6.09 Å². The first-order valence-electron chi connectivity index (χ1n) is 9.50. The molecule has 6 heteroatoms. The lowest BCUT2D eigenvalue weighted by Crippen LogP contribution is -2.50. The van der Waals surface area contributed by atoms with Crippen LogP contribution in [0.4, 0.5) is 4.79 Å². The highest BCUT2D eigenvalue weighted by Crippen LogP contribution is 2.26. The number of rotatable bonds is 5. The highest BCUT2D eigenvalue weighted by molar-refractivity contribution is 7.10. The second-order valence-corrected chi connectivity index (χ2v) is 8.23. The molecule has 2 amide bonds. The molecule has 0 radical (unpaired) electrons. The number of amides is 2. The van der Waals surface area contributed by atoms with Gasteiger partial charge in [-0.15, -0.1) is 11.3 Å². The third-order valence-electron chi connectivity index (χ3n) is 5.43. The summed E-state index contributed by atoms with van der Waals surface area (Å²) in [5.41, 5.74) is 1.22. The highest BCUT2D eigenvalue weighted by atomic mass is 32.1. The SMILES string of the molecule is O=C(Cc1cccs1)N1CCC(N2C(=O)OCC2Cc2ccccc2)CC1. The van der Waals surface area contributed by atoms with Crippen LogP contribution in [0.25, 0.3) is 0 Å². The van der Waals surface area contributed by atoms with Crippen LogP contribution in [0, 0.1) is 0 Å². The van der Waals surface area contributed by atoms with Crippen molar-refractivity contribution in [2.24, 2.45) is 0 Å². The van der Waals surface area contributed by atoms with E-state index in [1.54, 1.807) is 11.3 Å². The molecule has 2 aliphatic heterocycles. The maximum absolute atomic E-state index is 12.5. The van der Waals surface area contributed by atoms with E-state index in [1.807, 2.05) is 45.5 Å². The summed E-state index contributed by atoms with van der Waals surface area (Å²) in [6, 6.07) is 14.4. The fraction of sp³-hybridized carbons (Fsp3) is 0.429. The van der Waals surface area contributed by atoms with E-state index >= 15 is 0 Å². The van der Waals surface area contributed by atoms with Gasteiger partial charge in [0.15, 0.2) is 0 Å². The zero-order chi connectivity index (χ0) is 18.6. The zero-order valence-corrected chi connectivity index (χ0v) is 16.1. The molecular formula is C21H24N2O3S.